The van der Waals surface area contributed by atoms with Gasteiger partial charge in [0.1, 0.15) is 18.8 Å². The summed E-state index contributed by atoms with van der Waals surface area (Å²) in [6.45, 7) is 20.5. The maximum absolute atomic E-state index is 12.9. The summed E-state index contributed by atoms with van der Waals surface area (Å²) in [4.78, 5) is 34.2. The zero-order valence-corrected chi connectivity index (χ0v) is 51.9. The Balaban J connectivity index is 0.000000273. The molecule has 1 fully saturated rings. The first-order chi connectivity index (χ1) is 41.2. The molecule has 4 aromatic carbocycles. The molecule has 1 amide bonds. The van der Waals surface area contributed by atoms with Gasteiger partial charge in [-0.05, 0) is 142 Å². The van der Waals surface area contributed by atoms with E-state index < -0.39 is 5.60 Å². The van der Waals surface area contributed by atoms with Crippen molar-refractivity contribution in [3.8, 4) is 5.75 Å². The number of nitrogens with zero attached hydrogens (tertiary/aromatic N) is 5. The van der Waals surface area contributed by atoms with E-state index in [2.05, 4.69) is 128 Å². The number of aromatic nitrogens is 1. The Hall–Kier alpha value is -7.11. The number of hydrogen-bond acceptors (Lipinski definition) is 12. The van der Waals surface area contributed by atoms with E-state index >= 15 is 0 Å². The molecule has 85 heavy (non-hydrogen) atoms. The zero-order valence-electron chi connectivity index (χ0n) is 51.1. The topological polar surface area (TPSA) is 186 Å². The Morgan fingerprint density at radius 3 is 2.34 bits per heavy atom. The summed E-state index contributed by atoms with van der Waals surface area (Å²) >= 11 is 6.81. The van der Waals surface area contributed by atoms with Crippen molar-refractivity contribution < 1.29 is 19.4 Å². The van der Waals surface area contributed by atoms with Gasteiger partial charge in [0.15, 0.2) is 0 Å². The van der Waals surface area contributed by atoms with Gasteiger partial charge in [-0.3, -0.25) is 15.1 Å². The van der Waals surface area contributed by atoms with E-state index in [1.807, 2.05) is 75.6 Å². The number of fused-ring (bicyclic) bond motifs is 1. The quantitative estimate of drug-likeness (QED) is 0.00395. The van der Waals surface area contributed by atoms with Crippen molar-refractivity contribution in [3.05, 3.63) is 184 Å². The molecule has 456 valence electrons. The molecule has 2 aliphatic rings. The lowest BCUT2D eigenvalue weighted by Crippen LogP contribution is -2.44. The standard InChI is InChI=1S/C36H48ClN5O2.C33H46N6O2/c1-26-13-15-29(22-30(26)36(43)40-19-12-10-8-6-5-7-9-11-18-38-2)44-25-41-34-24-32(37)31(23-33(34)39-3)27-14-16-35-28(21-27)17-20-42(35)4;1-5-35-25-37-31(32(38(4)34)30-13-11-28(12-14-30)24-36-19-22-40)15-16-33(41)17-20-39(21-18-33)27(3)23-26(2)29-9-7-6-8-10-29/h13-17,20-23,34,38,41H,3,5-12,18-19,24-25H2,1-2,4H3,(H,40,43);5-14,22,25-26,36,41H,1,3,15-21,23-24,34H2,2,4H3,(H,35,37)/b;32-31+. The van der Waals surface area contributed by atoms with Crippen LogP contribution in [0.4, 0.5) is 0 Å². The number of hydrazine groups is 1. The van der Waals surface area contributed by atoms with Crippen molar-refractivity contribution in [3.63, 3.8) is 0 Å². The number of hydrogen-bond donors (Lipinski definition) is 7. The molecule has 0 radical (unpaired) electrons. The molecule has 15 nitrogen and oxygen atoms in total. The fourth-order valence-corrected chi connectivity index (χ4v) is 11.3. The highest BCUT2D eigenvalue weighted by Gasteiger charge is 2.33. The van der Waals surface area contributed by atoms with Crippen LogP contribution in [0.5, 0.6) is 5.75 Å². The van der Waals surface area contributed by atoms with Crippen molar-refractivity contribution >= 4 is 59.0 Å². The van der Waals surface area contributed by atoms with Gasteiger partial charge in [0.25, 0.3) is 5.91 Å². The number of carbonyl (C=O) groups excluding carboxylic acids is 2. The summed E-state index contributed by atoms with van der Waals surface area (Å²) in [6, 6.07) is 32.5. The van der Waals surface area contributed by atoms with Crippen LogP contribution in [0.15, 0.2) is 161 Å². The third kappa shape index (κ3) is 21.1. The third-order valence-electron chi connectivity index (χ3n) is 16.1. The number of amides is 1. The van der Waals surface area contributed by atoms with Gasteiger partial charge < -0.3 is 50.4 Å². The molecule has 2 atom stereocenters. The second-order valence-corrected chi connectivity index (χ2v) is 22.9. The minimum atomic E-state index is -0.781. The Morgan fingerprint density at radius 2 is 1.67 bits per heavy atom. The highest BCUT2D eigenvalue weighted by molar-refractivity contribution is 6.33. The number of aliphatic hydroxyl groups is 1. The number of carbonyl (C=O) groups is 2. The highest BCUT2D eigenvalue weighted by atomic mass is 35.5. The number of benzene rings is 4. The summed E-state index contributed by atoms with van der Waals surface area (Å²) in [5.41, 5.74) is 10.9. The number of aldehydes is 1. The summed E-state index contributed by atoms with van der Waals surface area (Å²) in [7, 11) is 5.85. The Morgan fingerprint density at radius 1 is 0.965 bits per heavy atom. The number of unbranched alkanes of at least 4 members (excludes halogenated alkanes) is 7. The first-order valence-electron chi connectivity index (χ1n) is 30.2. The van der Waals surface area contributed by atoms with E-state index in [4.69, 9.17) is 22.2 Å². The van der Waals surface area contributed by atoms with Gasteiger partial charge in [-0.25, -0.2) is 10.8 Å². The van der Waals surface area contributed by atoms with Crippen LogP contribution in [0.1, 0.15) is 141 Å². The lowest BCUT2D eigenvalue weighted by Gasteiger charge is -2.41. The predicted molar refractivity (Wildman–Crippen MR) is 353 cm³/mol. The van der Waals surface area contributed by atoms with Crippen LogP contribution in [0.2, 0.25) is 0 Å². The largest absolute Gasteiger partial charge is 0.478 e. The van der Waals surface area contributed by atoms with Crippen molar-refractivity contribution in [2.75, 3.05) is 53.5 Å². The number of aryl methyl sites for hydroxylation is 2. The van der Waals surface area contributed by atoms with E-state index in [1.54, 1.807) is 18.4 Å². The fourth-order valence-electron chi connectivity index (χ4n) is 11.0. The monoisotopic (exact) mass is 1180 g/mol. The van der Waals surface area contributed by atoms with Gasteiger partial charge >= 0.3 is 0 Å². The van der Waals surface area contributed by atoms with E-state index in [-0.39, 0.29) is 18.7 Å². The molecular formula is C69H94ClN11O4. The molecule has 0 saturated carbocycles. The van der Waals surface area contributed by atoms with Crippen molar-refractivity contribution in [1.82, 2.24) is 41.1 Å². The Bertz CT molecular complexity index is 3070. The first-order valence-corrected chi connectivity index (χ1v) is 30.6. The smallest absolute Gasteiger partial charge is 0.251 e. The van der Waals surface area contributed by atoms with E-state index in [0.717, 1.165) is 101 Å². The molecule has 8 N–H and O–H groups in total. The zero-order chi connectivity index (χ0) is 61.0. The molecule has 0 bridgehead atoms. The average Bonchev–Trinajstić information content (AvgIpc) is 4.17. The normalized spacial score (nSPS) is 15.6. The van der Waals surface area contributed by atoms with Crippen molar-refractivity contribution in [1.29, 1.82) is 0 Å². The van der Waals surface area contributed by atoms with Crippen LogP contribution in [0.25, 0.3) is 22.2 Å². The van der Waals surface area contributed by atoms with Crippen LogP contribution in [0, 0.1) is 6.92 Å². The Kier molecular flexibility index (Phi) is 27.9. The minimum Gasteiger partial charge on any atom is -0.478 e. The number of nitrogens with two attached hydrogens (primary N) is 1. The number of ether oxygens (including phenoxy) is 1. The molecule has 0 spiro atoms. The lowest BCUT2D eigenvalue weighted by molar-refractivity contribution is -0.107. The van der Waals surface area contributed by atoms with Gasteiger partial charge in [-0.1, -0.05) is 137 Å². The summed E-state index contributed by atoms with van der Waals surface area (Å²) in [6.07, 6.45) is 21.8. The van der Waals surface area contributed by atoms with Gasteiger partial charge in [0.2, 0.25) is 0 Å². The molecule has 1 aliphatic heterocycles. The van der Waals surface area contributed by atoms with Gasteiger partial charge in [-0.15, -0.1) is 0 Å². The average molecular weight is 1180 g/mol. The number of allylic oxidation sites excluding steroid dienone is 4. The first kappa shape index (κ1) is 67.0. The molecule has 5 aromatic rings. The van der Waals surface area contributed by atoms with Crippen LogP contribution >= 0.6 is 11.6 Å². The molecule has 1 aliphatic carbocycles. The Labute approximate surface area is 511 Å². The van der Waals surface area contributed by atoms with E-state index in [9.17, 15) is 14.7 Å². The van der Waals surface area contributed by atoms with Gasteiger partial charge in [-0.2, -0.15) is 0 Å². The predicted octanol–water partition coefficient (Wildman–Crippen LogP) is 12.0. The summed E-state index contributed by atoms with van der Waals surface area (Å²) in [5.74, 6) is 7.30. The SMILES string of the molecule is C=CN=CN/C(CCC1(O)CCN(C(=C)CC(C)c2ccccc2)CC1)=C(\c1ccc(CNCC=O)cc1)N(C)N.C=NC1=CC(c2ccc3c(ccn3C)c2)=C(Cl)CC1NCOc1ccc(C)c(C(=O)NCCCCCCCCCCNC)c1. The maximum Gasteiger partial charge on any atom is 0.251 e. The molecule has 2 unspecified atom stereocenters. The molecule has 1 saturated heterocycles. The molecule has 7 rings (SSSR count). The minimum absolute atomic E-state index is 0.0584. The van der Waals surface area contributed by atoms with Crippen LogP contribution in [-0.2, 0) is 18.4 Å². The lowest BCUT2D eigenvalue weighted by atomic mass is 9.85. The van der Waals surface area contributed by atoms with Crippen LogP contribution in [-0.4, -0.2) is 110 Å². The molecule has 2 heterocycles. The summed E-state index contributed by atoms with van der Waals surface area (Å²) in [5, 5.41) is 31.1. The number of nitrogens with one attached hydrogen (secondary N) is 5. The second-order valence-electron chi connectivity index (χ2n) is 22.5. The molecule has 1 aromatic heterocycles. The van der Waals surface area contributed by atoms with E-state index in [1.165, 1.54) is 61.2 Å². The number of aliphatic imine (C=N–C) groups is 2. The summed E-state index contributed by atoms with van der Waals surface area (Å²) < 4.78 is 8.11. The van der Waals surface area contributed by atoms with Crippen molar-refractivity contribution in [2.45, 2.75) is 128 Å². The molecule has 16 heteroatoms. The number of likely N-dealkylation sites (tertiary alicyclic amines) is 1. The number of piperidine rings is 1. The third-order valence-corrected chi connectivity index (χ3v) is 16.5. The highest BCUT2D eigenvalue weighted by Crippen LogP contribution is 2.36. The number of rotatable bonds is 34. The van der Waals surface area contributed by atoms with Crippen LogP contribution in [0.3, 0.4) is 0 Å². The van der Waals surface area contributed by atoms with Crippen molar-refractivity contribution in [2.24, 2.45) is 22.9 Å². The van der Waals surface area contributed by atoms with E-state index in [0.29, 0.717) is 69.0 Å². The molecular weight excluding hydrogens is 1080 g/mol. The van der Waals surface area contributed by atoms with Gasteiger partial charge in [0.05, 0.1) is 35.9 Å². The van der Waals surface area contributed by atoms with Crippen LogP contribution < -0.4 is 37.2 Å². The fraction of sp³-hybridized carbons (Fsp3) is 0.420. The maximum atomic E-state index is 12.9. The second kappa shape index (κ2) is 35.4. The van der Waals surface area contributed by atoms with Gasteiger partial charge in [0, 0.05) is 97.5 Å². The number of halogens is 1.